The summed E-state index contributed by atoms with van der Waals surface area (Å²) in [6.07, 6.45) is 2.06. The Kier molecular flexibility index (Phi) is 20.2. The van der Waals surface area contributed by atoms with Crippen LogP contribution in [0.4, 0.5) is 45.5 Å². The molecule has 528 valence electrons. The first kappa shape index (κ1) is 73.5. The molecule has 12 N–H and O–H groups in total. The van der Waals surface area contributed by atoms with Gasteiger partial charge in [-0.2, -0.15) is 101 Å². The molecule has 0 fully saturated rings. The topological polar surface area (TPSA) is 654 Å². The molecule has 0 aliphatic carbocycles. The molecule has 0 saturated heterocycles. The molecule has 50 heteroatoms. The van der Waals surface area contributed by atoms with E-state index < -0.39 is 171 Å². The van der Waals surface area contributed by atoms with Crippen LogP contribution in [-0.4, -0.2) is 165 Å². The number of rotatable bonds is 20. The number of halogens is 2. The van der Waals surface area contributed by atoms with Gasteiger partial charge >= 0.3 is 11.9 Å². The number of H-pyrrole nitrogens is 4. The van der Waals surface area contributed by atoms with Crippen LogP contribution in [0, 0.1) is 0 Å². The van der Waals surface area contributed by atoms with E-state index in [2.05, 4.69) is 80.5 Å². The van der Waals surface area contributed by atoms with Crippen LogP contribution in [0.1, 0.15) is 11.1 Å². The summed E-state index contributed by atoms with van der Waals surface area (Å²) in [6, 6.07) is 15.1. The third-order valence-corrected chi connectivity index (χ3v) is 19.0. The second-order valence-electron chi connectivity index (χ2n) is 20.1. The number of benzene rings is 6. The number of carboxylic acid groups (broad SMARTS) is 2. The Hall–Kier alpha value is -11.3. The zero-order valence-corrected chi connectivity index (χ0v) is 55.8. The Labute approximate surface area is 577 Å². The first-order valence-electron chi connectivity index (χ1n) is 26.9. The van der Waals surface area contributed by atoms with Crippen LogP contribution in [0.3, 0.4) is 0 Å². The third-order valence-electron chi connectivity index (χ3n) is 13.3. The minimum atomic E-state index is -5.17. The molecule has 2 amide bonds. The highest BCUT2D eigenvalue weighted by Crippen LogP contribution is 2.34. The minimum Gasteiger partial charge on any atom is -0.477 e. The summed E-state index contributed by atoms with van der Waals surface area (Å²) in [4.78, 5) is 81.4. The van der Waals surface area contributed by atoms with E-state index in [1.165, 1.54) is 12.1 Å². The largest absolute Gasteiger partial charge is 0.477 e. The number of hydrazone groups is 2. The van der Waals surface area contributed by atoms with Crippen LogP contribution in [0.5, 0.6) is 0 Å². The van der Waals surface area contributed by atoms with Crippen molar-refractivity contribution in [1.29, 1.82) is 0 Å². The number of anilines is 2. The fourth-order valence-electron chi connectivity index (χ4n) is 8.86. The van der Waals surface area contributed by atoms with Crippen LogP contribution in [0.15, 0.2) is 201 Å². The number of aromatic amines is 4. The summed E-state index contributed by atoms with van der Waals surface area (Å²) in [5.74, 6) is -5.92. The predicted molar refractivity (Wildman–Crippen MR) is 345 cm³/mol. The summed E-state index contributed by atoms with van der Waals surface area (Å²) in [6.45, 7) is 0. The Morgan fingerprint density at radius 1 is 0.422 bits per heavy atom. The number of amides is 2. The van der Waals surface area contributed by atoms with E-state index >= 15 is 0 Å². The Morgan fingerprint density at radius 3 is 1.06 bits per heavy atom. The lowest BCUT2D eigenvalue weighted by molar-refractivity contribution is -0.130. The van der Waals surface area contributed by atoms with Crippen LogP contribution in [-0.2, 0) is 79.9 Å². The molecule has 0 saturated carbocycles. The molecule has 2 aliphatic heterocycles. The zero-order chi connectivity index (χ0) is 74.3. The number of carboxylic acids is 2. The van der Waals surface area contributed by atoms with Gasteiger partial charge in [0, 0.05) is 0 Å². The average molecular weight is 1560 g/mol. The molecule has 2 unspecified atom stereocenters. The first-order valence-corrected chi connectivity index (χ1v) is 36.3. The molecule has 0 radical (unpaired) electrons. The number of aromatic nitrogens is 6. The summed E-state index contributed by atoms with van der Waals surface area (Å²) in [7, 11) is -30.0. The predicted octanol–water partition coefficient (Wildman–Crippen LogP) is 3.56. The molecule has 2 aromatic heterocycles. The summed E-state index contributed by atoms with van der Waals surface area (Å²) in [5, 5.41) is 42.1. The Balaban J connectivity index is 0.908. The smallest absolute Gasteiger partial charge is 0.355 e. The van der Waals surface area contributed by atoms with E-state index in [1.54, 1.807) is 0 Å². The lowest BCUT2D eigenvalue weighted by Gasteiger charge is -2.12. The van der Waals surface area contributed by atoms with Gasteiger partial charge in [-0.05, 0) is 144 Å². The SMILES string of the molecule is O=C(O)C1=NN(c2ccc(S(=O)(=O)O)cc2)C(=O)C1N=Nc1cc(N=c2nc(Cl)[nH]c(=Nc3ccc(C=Cc4ccc(N=c5[nH]c(Cl)nc(=Nc6ccc(S(=O)(=O)O)c(N=NC7C(=O)N(c8ccc(S(=O)(=O)O)cc8)N=C7C(=O)O)c6)[nH]5)cc4S(=O)(=O)O)c(S(=O)(=O)O)c3)[nH]2)ccc1S(=O)(=O)O. The van der Waals surface area contributed by atoms with E-state index in [4.69, 9.17) is 23.2 Å². The number of azo groups is 2. The highest BCUT2D eigenvalue weighted by Gasteiger charge is 2.43. The van der Waals surface area contributed by atoms with Gasteiger partial charge in [0.2, 0.25) is 45.1 Å². The maximum Gasteiger partial charge on any atom is 0.355 e. The van der Waals surface area contributed by atoms with Gasteiger partial charge in [-0.25, -0.2) is 29.6 Å². The number of hydrogen-bond acceptors (Lipinski definition) is 28. The van der Waals surface area contributed by atoms with Crippen molar-refractivity contribution in [3.05, 3.63) is 165 Å². The lowest BCUT2D eigenvalue weighted by Crippen LogP contribution is -2.33. The molecule has 2 aliphatic rings. The maximum absolute atomic E-state index is 13.4. The van der Waals surface area contributed by atoms with Crippen molar-refractivity contribution in [1.82, 2.24) is 29.9 Å². The first-order chi connectivity index (χ1) is 47.6. The molecule has 102 heavy (non-hydrogen) atoms. The van der Waals surface area contributed by atoms with Gasteiger partial charge in [-0.3, -0.25) is 46.9 Å². The van der Waals surface area contributed by atoms with Crippen molar-refractivity contribution in [3.8, 4) is 0 Å². The third kappa shape index (κ3) is 17.1. The van der Waals surface area contributed by atoms with E-state index in [1.807, 2.05) is 0 Å². The van der Waals surface area contributed by atoms with Gasteiger partial charge in [-0.15, -0.1) is 0 Å². The van der Waals surface area contributed by atoms with Gasteiger partial charge in [0.25, 0.3) is 72.5 Å². The molecule has 42 nitrogen and oxygen atoms in total. The summed E-state index contributed by atoms with van der Waals surface area (Å²) in [5.41, 5.74) is -6.70. The Bertz CT molecular complexity index is 5770. The van der Waals surface area contributed by atoms with Crippen molar-refractivity contribution >= 4 is 177 Å². The molecule has 8 aromatic rings. The molecular weight excluding hydrogens is 1520 g/mol. The van der Waals surface area contributed by atoms with Crippen molar-refractivity contribution in [3.63, 3.8) is 0 Å². The van der Waals surface area contributed by atoms with Crippen LogP contribution >= 0.6 is 23.2 Å². The van der Waals surface area contributed by atoms with Gasteiger partial charge in [0.1, 0.15) is 31.0 Å². The molecule has 4 heterocycles. The summed E-state index contributed by atoms with van der Waals surface area (Å²) >= 11 is 12.5. The van der Waals surface area contributed by atoms with E-state index in [0.717, 1.165) is 121 Å². The minimum absolute atomic E-state index is 0.186. The van der Waals surface area contributed by atoms with Crippen molar-refractivity contribution in [2.75, 3.05) is 10.0 Å². The molecule has 6 aromatic carbocycles. The monoisotopic (exact) mass is 1560 g/mol. The normalized spacial score (nSPS) is 16.5. The molecule has 0 spiro atoms. The number of aliphatic carboxylic acids is 2. The molecular formula is C52H36Cl2N18O24S6. The van der Waals surface area contributed by atoms with Crippen LogP contribution in [0.2, 0.25) is 10.6 Å². The van der Waals surface area contributed by atoms with E-state index in [-0.39, 0.29) is 56.5 Å². The van der Waals surface area contributed by atoms with E-state index in [9.17, 15) is 107 Å². The van der Waals surface area contributed by atoms with Crippen molar-refractivity contribution in [2.45, 2.75) is 41.5 Å². The van der Waals surface area contributed by atoms with Gasteiger partial charge in [-0.1, -0.05) is 24.3 Å². The van der Waals surface area contributed by atoms with Gasteiger partial charge < -0.3 is 20.2 Å². The lowest BCUT2D eigenvalue weighted by atomic mass is 10.1. The molecule has 10 rings (SSSR count). The second-order valence-corrected chi connectivity index (χ2v) is 29.3. The van der Waals surface area contributed by atoms with Crippen molar-refractivity contribution < 1.29 is 107 Å². The van der Waals surface area contributed by atoms with Crippen LogP contribution < -0.4 is 32.5 Å². The zero-order valence-electron chi connectivity index (χ0n) is 49.4. The number of hydrogen-bond donors (Lipinski definition) is 12. The standard InChI is InChI=1S/C52H36Cl2N18O24S6/c53-47-59-49(55-25-7-17-35(99(85,86)87)33(19-25)65-67-39-41(45(75)76)69-71(43(39)73)29-9-13-31(14-10-29)97(79,80)81)63-51(61-47)57-27-5-3-23(37(21-27)101(91,92)93)1-2-24-4-6-28(22-38(24)102(94,95)96)58-52-62-48(54)60-50(64-52)56-26-8-18-36(100(88,89)90)34(20-26)66-68-40-42(46(77)78)70-72(44(40)74)30-11-15-32(16-12-30)98(82,83)84/h1-22,39-40H,(H,75,76)(H,77,78)(H,79,80,81)(H,82,83,84)(H,85,86,87)(H,88,89,90)(H,91,92,93)(H,94,95,96)(H2,55,57,59,61,63)(H2,56,58,60,62,64). The van der Waals surface area contributed by atoms with Crippen molar-refractivity contribution in [2.24, 2.45) is 50.6 Å². The number of nitrogens with zero attached hydrogens (tertiary/aromatic N) is 14. The van der Waals surface area contributed by atoms with Crippen LogP contribution in [0.25, 0.3) is 12.2 Å². The van der Waals surface area contributed by atoms with E-state index in [0.29, 0.717) is 10.0 Å². The highest BCUT2D eigenvalue weighted by atomic mass is 35.5. The second kappa shape index (κ2) is 28.0. The summed E-state index contributed by atoms with van der Waals surface area (Å²) < 4.78 is 206. The number of carbonyl (C=O) groups excluding carboxylic acids is 2. The Morgan fingerprint density at radius 2 is 0.745 bits per heavy atom. The number of carbonyl (C=O) groups is 4. The highest BCUT2D eigenvalue weighted by molar-refractivity contribution is 7.87. The molecule has 2 atom stereocenters. The maximum atomic E-state index is 13.4. The van der Waals surface area contributed by atoms with Gasteiger partial charge in [0.15, 0.2) is 11.4 Å². The number of nitrogens with one attached hydrogen (secondary N) is 4. The fourth-order valence-corrected chi connectivity index (χ4v) is 12.8. The fraction of sp³-hybridized carbons (Fsp3) is 0.0385. The average Bonchev–Trinajstić information content (AvgIpc) is 1.54. The molecule has 0 bridgehead atoms. The van der Waals surface area contributed by atoms with Gasteiger partial charge in [0.05, 0.1) is 43.9 Å². The quantitative estimate of drug-likeness (QED) is 0.0295.